The Balaban J connectivity index is 3.16. The maximum absolute atomic E-state index is 12.2. The van der Waals surface area contributed by atoms with E-state index in [-0.39, 0.29) is 4.90 Å². The number of amides is 1. The number of nitrogens with zero attached hydrogens (tertiary/aromatic N) is 1. The molecule has 4 nitrogen and oxygen atoms in total. The number of halogens is 1. The van der Waals surface area contributed by atoms with Crippen molar-refractivity contribution in [3.8, 4) is 0 Å². The summed E-state index contributed by atoms with van der Waals surface area (Å²) < 4.78 is 25.0. The van der Waals surface area contributed by atoms with Gasteiger partial charge >= 0.3 is 0 Å². The molecule has 1 aromatic rings. The van der Waals surface area contributed by atoms with Gasteiger partial charge in [-0.1, -0.05) is 22.0 Å². The minimum atomic E-state index is -3.63. The van der Waals surface area contributed by atoms with Crippen LogP contribution in [0.3, 0.4) is 0 Å². The topological polar surface area (TPSA) is 54.5 Å². The van der Waals surface area contributed by atoms with Crippen molar-refractivity contribution < 1.29 is 13.2 Å². The number of sulfone groups is 1. The van der Waals surface area contributed by atoms with Crippen LogP contribution in [0.2, 0.25) is 0 Å². The highest BCUT2D eigenvalue weighted by Crippen LogP contribution is 2.20. The molecule has 1 amide bonds. The van der Waals surface area contributed by atoms with Gasteiger partial charge in [0.15, 0.2) is 9.84 Å². The van der Waals surface area contributed by atoms with E-state index in [9.17, 15) is 13.2 Å². The largest absolute Gasteiger partial charge is 0.348 e. The van der Waals surface area contributed by atoms with Crippen LogP contribution in [0, 0.1) is 0 Å². The summed E-state index contributed by atoms with van der Waals surface area (Å²) >= 11 is 3.21. The zero-order valence-corrected chi connectivity index (χ0v) is 12.2. The maximum Gasteiger partial charge on any atom is 0.240 e. The second-order valence-corrected chi connectivity index (χ2v) is 7.06. The molecule has 0 unspecified atom stereocenters. The Kier molecular flexibility index (Phi) is 4.32. The molecule has 0 heterocycles. The summed E-state index contributed by atoms with van der Waals surface area (Å²) in [7, 11) is -0.553. The molecule has 0 bridgehead atoms. The SMILES string of the molecule is C[C@H](C(=O)N(C)C)S(=O)(=O)c1cccc(Br)c1. The average Bonchev–Trinajstić information content (AvgIpc) is 2.26. The molecule has 0 fully saturated rings. The second-order valence-electron chi connectivity index (χ2n) is 3.88. The van der Waals surface area contributed by atoms with Crippen LogP contribution in [-0.4, -0.2) is 38.6 Å². The van der Waals surface area contributed by atoms with Crippen LogP contribution in [0.25, 0.3) is 0 Å². The molecular formula is C11H14BrNO3S. The second kappa shape index (κ2) is 5.18. The van der Waals surface area contributed by atoms with Gasteiger partial charge in [-0.2, -0.15) is 0 Å². The van der Waals surface area contributed by atoms with Crippen molar-refractivity contribution in [2.24, 2.45) is 0 Å². The van der Waals surface area contributed by atoms with Crippen molar-refractivity contribution in [1.82, 2.24) is 4.90 Å². The standard InChI is InChI=1S/C11H14BrNO3S/c1-8(11(14)13(2)3)17(15,16)10-6-4-5-9(12)7-10/h4-8H,1-3H3/t8-/m1/s1. The van der Waals surface area contributed by atoms with Crippen molar-refractivity contribution in [3.05, 3.63) is 28.7 Å². The van der Waals surface area contributed by atoms with Gasteiger partial charge in [-0.25, -0.2) is 8.42 Å². The molecule has 6 heteroatoms. The Hall–Kier alpha value is -0.880. The Labute approximate surface area is 110 Å². The Morgan fingerprint density at radius 3 is 2.41 bits per heavy atom. The summed E-state index contributed by atoms with van der Waals surface area (Å²) in [6.07, 6.45) is 0. The number of hydrogen-bond acceptors (Lipinski definition) is 3. The fourth-order valence-electron chi connectivity index (χ4n) is 1.34. The molecule has 1 aromatic carbocycles. The lowest BCUT2D eigenvalue weighted by molar-refractivity contribution is -0.127. The van der Waals surface area contributed by atoms with Gasteiger partial charge in [-0.05, 0) is 25.1 Å². The Bertz CT molecular complexity index is 525. The van der Waals surface area contributed by atoms with Gasteiger partial charge in [-0.3, -0.25) is 4.79 Å². The van der Waals surface area contributed by atoms with E-state index in [2.05, 4.69) is 15.9 Å². The van der Waals surface area contributed by atoms with Crippen molar-refractivity contribution >= 4 is 31.7 Å². The van der Waals surface area contributed by atoms with Gasteiger partial charge in [-0.15, -0.1) is 0 Å². The van der Waals surface area contributed by atoms with Crippen LogP contribution in [0.5, 0.6) is 0 Å². The van der Waals surface area contributed by atoms with Gasteiger partial charge in [0.1, 0.15) is 5.25 Å². The van der Waals surface area contributed by atoms with Gasteiger partial charge in [0.2, 0.25) is 5.91 Å². The average molecular weight is 320 g/mol. The third-order valence-corrected chi connectivity index (χ3v) is 4.92. The molecule has 1 rings (SSSR count). The minimum Gasteiger partial charge on any atom is -0.348 e. The number of hydrogen-bond donors (Lipinski definition) is 0. The summed E-state index contributed by atoms with van der Waals surface area (Å²) in [6, 6.07) is 6.34. The fraction of sp³-hybridized carbons (Fsp3) is 0.364. The van der Waals surface area contributed by atoms with Crippen LogP contribution in [0.4, 0.5) is 0 Å². The zero-order valence-electron chi connectivity index (χ0n) is 9.84. The van der Waals surface area contributed by atoms with E-state index in [4.69, 9.17) is 0 Å². The van der Waals surface area contributed by atoms with E-state index in [1.165, 1.54) is 38.1 Å². The highest BCUT2D eigenvalue weighted by atomic mass is 79.9. The molecule has 1 atom stereocenters. The highest BCUT2D eigenvalue weighted by Gasteiger charge is 2.30. The molecule has 0 aliphatic carbocycles. The van der Waals surface area contributed by atoms with Gasteiger partial charge in [0.25, 0.3) is 0 Å². The highest BCUT2D eigenvalue weighted by molar-refractivity contribution is 9.10. The van der Waals surface area contributed by atoms with Crippen molar-refractivity contribution in [2.45, 2.75) is 17.1 Å². The lowest BCUT2D eigenvalue weighted by Gasteiger charge is -2.17. The fourth-order valence-corrected chi connectivity index (χ4v) is 3.34. The third kappa shape index (κ3) is 3.07. The van der Waals surface area contributed by atoms with E-state index in [0.29, 0.717) is 4.47 Å². The maximum atomic E-state index is 12.2. The van der Waals surface area contributed by atoms with Crippen LogP contribution < -0.4 is 0 Å². The molecule has 0 radical (unpaired) electrons. The van der Waals surface area contributed by atoms with E-state index >= 15 is 0 Å². The lowest BCUT2D eigenvalue weighted by Crippen LogP contribution is -2.37. The summed E-state index contributed by atoms with van der Waals surface area (Å²) in [5.41, 5.74) is 0. The smallest absolute Gasteiger partial charge is 0.240 e. The molecule has 0 saturated heterocycles. The van der Waals surface area contributed by atoms with Crippen LogP contribution >= 0.6 is 15.9 Å². The first-order valence-electron chi connectivity index (χ1n) is 4.97. The lowest BCUT2D eigenvalue weighted by atomic mass is 10.4. The normalized spacial score (nSPS) is 13.2. The summed E-state index contributed by atoms with van der Waals surface area (Å²) in [4.78, 5) is 13.1. The van der Waals surface area contributed by atoms with Gasteiger partial charge < -0.3 is 4.90 Å². The molecule has 94 valence electrons. The molecule has 17 heavy (non-hydrogen) atoms. The Morgan fingerprint density at radius 1 is 1.35 bits per heavy atom. The predicted octanol–water partition coefficient (Wildman–Crippen LogP) is 1.70. The first kappa shape index (κ1) is 14.2. The van der Waals surface area contributed by atoms with E-state index in [1.54, 1.807) is 12.1 Å². The van der Waals surface area contributed by atoms with E-state index < -0.39 is 21.0 Å². The first-order valence-corrected chi connectivity index (χ1v) is 7.31. The summed E-state index contributed by atoms with van der Waals surface area (Å²) in [6.45, 7) is 1.40. The van der Waals surface area contributed by atoms with Crippen molar-refractivity contribution in [1.29, 1.82) is 0 Å². The van der Waals surface area contributed by atoms with Crippen molar-refractivity contribution in [3.63, 3.8) is 0 Å². The molecule has 0 aliphatic heterocycles. The monoisotopic (exact) mass is 319 g/mol. The predicted molar refractivity (Wildman–Crippen MR) is 69.5 cm³/mol. The first-order chi connectivity index (χ1) is 7.76. The molecule has 0 saturated carbocycles. The zero-order chi connectivity index (χ0) is 13.2. The van der Waals surface area contributed by atoms with E-state index in [0.717, 1.165) is 0 Å². The molecular weight excluding hydrogens is 306 g/mol. The van der Waals surface area contributed by atoms with Gasteiger partial charge in [0, 0.05) is 18.6 Å². The molecule has 0 N–H and O–H groups in total. The Morgan fingerprint density at radius 2 is 1.94 bits per heavy atom. The van der Waals surface area contributed by atoms with Crippen molar-refractivity contribution in [2.75, 3.05) is 14.1 Å². The summed E-state index contributed by atoms with van der Waals surface area (Å²) in [5, 5.41) is -1.08. The number of benzene rings is 1. The van der Waals surface area contributed by atoms with Crippen LogP contribution in [-0.2, 0) is 14.6 Å². The van der Waals surface area contributed by atoms with Gasteiger partial charge in [0.05, 0.1) is 4.90 Å². The van der Waals surface area contributed by atoms with Crippen LogP contribution in [0.1, 0.15) is 6.92 Å². The third-order valence-electron chi connectivity index (χ3n) is 2.38. The number of rotatable bonds is 3. The number of carbonyl (C=O) groups is 1. The molecule has 0 aliphatic rings. The number of carbonyl (C=O) groups excluding carboxylic acids is 1. The molecule has 0 aromatic heterocycles. The quantitative estimate of drug-likeness (QED) is 0.852. The summed E-state index contributed by atoms with van der Waals surface area (Å²) in [5.74, 6) is -0.426. The molecule has 0 spiro atoms. The minimum absolute atomic E-state index is 0.148. The van der Waals surface area contributed by atoms with E-state index in [1.807, 2.05) is 0 Å². The van der Waals surface area contributed by atoms with Crippen LogP contribution in [0.15, 0.2) is 33.6 Å².